The molecule has 104 valence electrons. The second kappa shape index (κ2) is 6.68. The quantitative estimate of drug-likeness (QED) is 0.828. The molecule has 4 heteroatoms. The largest absolute Gasteiger partial charge is 0.352 e. The number of likely N-dealkylation sites (tertiary alicyclic amines) is 1. The molecule has 1 amide bonds. The van der Waals surface area contributed by atoms with E-state index < -0.39 is 0 Å². The van der Waals surface area contributed by atoms with Crippen LogP contribution >= 0.6 is 0 Å². The highest BCUT2D eigenvalue weighted by molar-refractivity contribution is 5.73. The lowest BCUT2D eigenvalue weighted by Crippen LogP contribution is -2.35. The first-order valence-corrected chi connectivity index (χ1v) is 6.94. The van der Waals surface area contributed by atoms with Crippen LogP contribution in [0.15, 0.2) is 24.3 Å². The lowest BCUT2D eigenvalue weighted by molar-refractivity contribution is -0.119. The Morgan fingerprint density at radius 3 is 2.68 bits per heavy atom. The molecule has 1 saturated heterocycles. The van der Waals surface area contributed by atoms with Gasteiger partial charge in [0.15, 0.2) is 0 Å². The van der Waals surface area contributed by atoms with Gasteiger partial charge >= 0.3 is 0 Å². The van der Waals surface area contributed by atoms with E-state index in [-0.39, 0.29) is 5.91 Å². The number of nitrogens with one attached hydrogen (secondary N) is 1. The van der Waals surface area contributed by atoms with Gasteiger partial charge in [-0.15, -0.1) is 0 Å². The Kier molecular flexibility index (Phi) is 4.93. The summed E-state index contributed by atoms with van der Waals surface area (Å²) in [7, 11) is 0. The summed E-state index contributed by atoms with van der Waals surface area (Å²) in [6.07, 6.45) is 1.99. The van der Waals surface area contributed by atoms with Crippen molar-refractivity contribution in [3.05, 3.63) is 35.4 Å². The molecule has 1 aromatic rings. The van der Waals surface area contributed by atoms with Crippen molar-refractivity contribution in [2.24, 2.45) is 5.73 Å². The summed E-state index contributed by atoms with van der Waals surface area (Å²) in [6, 6.07) is 8.98. The van der Waals surface area contributed by atoms with Crippen LogP contribution < -0.4 is 11.1 Å². The van der Waals surface area contributed by atoms with Crippen LogP contribution in [0.1, 0.15) is 24.5 Å². The lowest BCUT2D eigenvalue weighted by Gasteiger charge is -2.16. The molecule has 1 unspecified atom stereocenters. The molecule has 1 heterocycles. The predicted octanol–water partition coefficient (Wildman–Crippen LogP) is 0.898. The molecule has 4 nitrogen and oxygen atoms in total. The van der Waals surface area contributed by atoms with Gasteiger partial charge in [0.25, 0.3) is 0 Å². The molecule has 0 spiro atoms. The molecule has 0 aromatic heterocycles. The van der Waals surface area contributed by atoms with Gasteiger partial charge in [-0.25, -0.2) is 0 Å². The van der Waals surface area contributed by atoms with E-state index in [2.05, 4.69) is 34.5 Å². The van der Waals surface area contributed by atoms with E-state index in [1.54, 1.807) is 6.92 Å². The van der Waals surface area contributed by atoms with E-state index in [1.807, 2.05) is 0 Å². The van der Waals surface area contributed by atoms with Gasteiger partial charge in [0, 0.05) is 32.6 Å². The standard InChI is InChI=1S/C15H23N3O/c1-12(19)17-15-7-9-18(11-15)10-14-4-2-13(3-5-14)6-8-16/h2-5,15H,6-11,16H2,1H3,(H,17,19). The van der Waals surface area contributed by atoms with Crippen molar-refractivity contribution in [1.29, 1.82) is 0 Å². The number of hydrogen-bond acceptors (Lipinski definition) is 3. The number of carbonyl (C=O) groups excluding carboxylic acids is 1. The number of carbonyl (C=O) groups is 1. The Morgan fingerprint density at radius 2 is 2.05 bits per heavy atom. The summed E-state index contributed by atoms with van der Waals surface area (Å²) in [6.45, 7) is 5.24. The number of hydrogen-bond donors (Lipinski definition) is 2. The molecule has 1 fully saturated rings. The molecule has 19 heavy (non-hydrogen) atoms. The Hall–Kier alpha value is -1.39. The number of benzene rings is 1. The second-order valence-corrected chi connectivity index (χ2v) is 5.28. The monoisotopic (exact) mass is 261 g/mol. The Labute approximate surface area is 115 Å². The van der Waals surface area contributed by atoms with Crippen LogP contribution in [0, 0.1) is 0 Å². The maximum absolute atomic E-state index is 11.0. The van der Waals surface area contributed by atoms with Crippen LogP contribution in [0.25, 0.3) is 0 Å². The van der Waals surface area contributed by atoms with Crippen molar-refractivity contribution in [1.82, 2.24) is 10.2 Å². The van der Waals surface area contributed by atoms with Crippen LogP contribution in [0.3, 0.4) is 0 Å². The van der Waals surface area contributed by atoms with Gasteiger partial charge in [0.1, 0.15) is 0 Å². The van der Waals surface area contributed by atoms with Crippen LogP contribution in [-0.4, -0.2) is 36.5 Å². The minimum absolute atomic E-state index is 0.0676. The minimum Gasteiger partial charge on any atom is -0.352 e. The minimum atomic E-state index is 0.0676. The maximum atomic E-state index is 11.0. The maximum Gasteiger partial charge on any atom is 0.217 e. The third-order valence-electron chi connectivity index (χ3n) is 3.54. The van der Waals surface area contributed by atoms with Crippen LogP contribution in [0.5, 0.6) is 0 Å². The topological polar surface area (TPSA) is 58.4 Å². The van der Waals surface area contributed by atoms with Crippen molar-refractivity contribution in [3.63, 3.8) is 0 Å². The van der Waals surface area contributed by atoms with Gasteiger partial charge in [-0.1, -0.05) is 24.3 Å². The second-order valence-electron chi connectivity index (χ2n) is 5.28. The van der Waals surface area contributed by atoms with Gasteiger partial charge in [-0.2, -0.15) is 0 Å². The van der Waals surface area contributed by atoms with Crippen molar-refractivity contribution < 1.29 is 4.79 Å². The summed E-state index contributed by atoms with van der Waals surface area (Å²) in [5.41, 5.74) is 8.16. The molecular formula is C15H23N3O. The smallest absolute Gasteiger partial charge is 0.217 e. The molecule has 0 aliphatic carbocycles. The highest BCUT2D eigenvalue weighted by Crippen LogP contribution is 2.14. The van der Waals surface area contributed by atoms with Crippen LogP contribution in [-0.2, 0) is 17.8 Å². The van der Waals surface area contributed by atoms with Crippen molar-refractivity contribution in [2.45, 2.75) is 32.4 Å². The first-order chi connectivity index (χ1) is 9.17. The average molecular weight is 261 g/mol. The van der Waals surface area contributed by atoms with Gasteiger partial charge < -0.3 is 11.1 Å². The summed E-state index contributed by atoms with van der Waals surface area (Å²) in [4.78, 5) is 13.4. The summed E-state index contributed by atoms with van der Waals surface area (Å²) < 4.78 is 0. The molecule has 1 aliphatic rings. The summed E-state index contributed by atoms with van der Waals surface area (Å²) in [5.74, 6) is 0.0676. The first kappa shape index (κ1) is 14.0. The van der Waals surface area contributed by atoms with Crippen molar-refractivity contribution in [3.8, 4) is 0 Å². The molecule has 0 saturated carbocycles. The molecule has 0 radical (unpaired) electrons. The van der Waals surface area contributed by atoms with Gasteiger partial charge in [-0.05, 0) is 30.5 Å². The molecular weight excluding hydrogens is 238 g/mol. The Balaban J connectivity index is 1.83. The number of nitrogens with zero attached hydrogens (tertiary/aromatic N) is 1. The molecule has 0 bridgehead atoms. The summed E-state index contributed by atoms with van der Waals surface area (Å²) >= 11 is 0. The number of nitrogens with two attached hydrogens (primary N) is 1. The van der Waals surface area contributed by atoms with E-state index in [1.165, 1.54) is 11.1 Å². The molecule has 3 N–H and O–H groups in total. The van der Waals surface area contributed by atoms with Crippen molar-refractivity contribution >= 4 is 5.91 Å². The summed E-state index contributed by atoms with van der Waals surface area (Å²) in [5, 5.41) is 2.99. The SMILES string of the molecule is CC(=O)NC1CCN(Cc2ccc(CCN)cc2)C1. The zero-order chi connectivity index (χ0) is 13.7. The van der Waals surface area contributed by atoms with Gasteiger partial charge in [0.05, 0.1) is 0 Å². The third kappa shape index (κ3) is 4.33. The highest BCUT2D eigenvalue weighted by Gasteiger charge is 2.22. The van der Waals surface area contributed by atoms with E-state index in [9.17, 15) is 4.79 Å². The zero-order valence-corrected chi connectivity index (χ0v) is 11.6. The molecule has 1 atom stereocenters. The fraction of sp³-hybridized carbons (Fsp3) is 0.533. The normalized spacial score (nSPS) is 19.6. The van der Waals surface area contributed by atoms with Crippen LogP contribution in [0.4, 0.5) is 0 Å². The fourth-order valence-corrected chi connectivity index (χ4v) is 2.62. The Bertz CT molecular complexity index is 416. The lowest BCUT2D eigenvalue weighted by atomic mass is 10.1. The van der Waals surface area contributed by atoms with Gasteiger partial charge in [-0.3, -0.25) is 9.69 Å². The zero-order valence-electron chi connectivity index (χ0n) is 11.6. The predicted molar refractivity (Wildman–Crippen MR) is 76.7 cm³/mol. The van der Waals surface area contributed by atoms with Gasteiger partial charge in [0.2, 0.25) is 5.91 Å². The Morgan fingerprint density at radius 1 is 1.37 bits per heavy atom. The number of amides is 1. The molecule has 1 aliphatic heterocycles. The van der Waals surface area contributed by atoms with E-state index in [0.717, 1.165) is 32.5 Å². The highest BCUT2D eigenvalue weighted by atomic mass is 16.1. The van der Waals surface area contributed by atoms with Crippen molar-refractivity contribution in [2.75, 3.05) is 19.6 Å². The first-order valence-electron chi connectivity index (χ1n) is 6.94. The fourth-order valence-electron chi connectivity index (χ4n) is 2.62. The number of rotatable bonds is 5. The average Bonchev–Trinajstić information content (AvgIpc) is 2.78. The van der Waals surface area contributed by atoms with E-state index >= 15 is 0 Å². The third-order valence-corrected chi connectivity index (χ3v) is 3.54. The molecule has 2 rings (SSSR count). The van der Waals surface area contributed by atoms with E-state index in [0.29, 0.717) is 12.6 Å². The molecule has 1 aromatic carbocycles. The van der Waals surface area contributed by atoms with Crippen LogP contribution in [0.2, 0.25) is 0 Å². The van der Waals surface area contributed by atoms with E-state index in [4.69, 9.17) is 5.73 Å².